The Morgan fingerprint density at radius 3 is 2.52 bits per heavy atom. The van der Waals surface area contributed by atoms with Crippen LogP contribution in [0.25, 0.3) is 5.57 Å². The molecule has 164 valence electrons. The molecule has 4 nitrogen and oxygen atoms in total. The molecule has 0 aromatic heterocycles. The minimum atomic E-state index is -4.45. The molecule has 0 radical (unpaired) electrons. The van der Waals surface area contributed by atoms with E-state index in [0.29, 0.717) is 37.2 Å². The number of nitrogens with one attached hydrogen (secondary N) is 1. The molecule has 2 aromatic rings. The summed E-state index contributed by atoms with van der Waals surface area (Å²) in [7, 11) is 0. The Kier molecular flexibility index (Phi) is 5.56. The van der Waals surface area contributed by atoms with Crippen LogP contribution in [-0.2, 0) is 11.0 Å². The van der Waals surface area contributed by atoms with Crippen molar-refractivity contribution in [3.8, 4) is 11.5 Å². The molecule has 2 heterocycles. The highest BCUT2D eigenvalue weighted by Crippen LogP contribution is 2.44. The molecular formula is C24H24F3NO3. The Morgan fingerprint density at radius 2 is 1.90 bits per heavy atom. The standard InChI is InChI=1S/C24H24F3NO3/c1-3-23(4-2)12-20(19-9-8-17(24(25,26)27)11-21(19)31-23)15-6-5-7-18(10-15)30-22(29)16-13-28-14-16/h5-12,16,28H,3-4,13-14H2,1-2H3. The summed E-state index contributed by atoms with van der Waals surface area (Å²) in [5, 5.41) is 3.04. The molecule has 0 amide bonds. The maximum absolute atomic E-state index is 13.3. The quantitative estimate of drug-likeness (QED) is 0.521. The second-order valence-electron chi connectivity index (χ2n) is 7.94. The summed E-state index contributed by atoms with van der Waals surface area (Å²) in [4.78, 5) is 12.2. The van der Waals surface area contributed by atoms with Gasteiger partial charge in [-0.05, 0) is 54.3 Å². The fourth-order valence-corrected chi connectivity index (χ4v) is 3.81. The number of esters is 1. The summed E-state index contributed by atoms with van der Waals surface area (Å²) in [6, 6.07) is 10.7. The minimum Gasteiger partial charge on any atom is -0.483 e. The highest BCUT2D eigenvalue weighted by molar-refractivity contribution is 5.86. The highest BCUT2D eigenvalue weighted by atomic mass is 19.4. The van der Waals surface area contributed by atoms with Gasteiger partial charge < -0.3 is 14.8 Å². The number of fused-ring (bicyclic) bond motifs is 1. The monoisotopic (exact) mass is 431 g/mol. The van der Waals surface area contributed by atoms with E-state index in [1.807, 2.05) is 26.0 Å². The second-order valence-corrected chi connectivity index (χ2v) is 7.94. The van der Waals surface area contributed by atoms with Crippen molar-refractivity contribution >= 4 is 11.5 Å². The zero-order valence-electron chi connectivity index (χ0n) is 17.4. The molecule has 2 aliphatic rings. The molecule has 0 saturated carbocycles. The van der Waals surface area contributed by atoms with Crippen molar-refractivity contribution in [3.05, 3.63) is 65.2 Å². The first kappa shape index (κ1) is 21.4. The van der Waals surface area contributed by atoms with Gasteiger partial charge in [-0.2, -0.15) is 13.2 Å². The van der Waals surface area contributed by atoms with Gasteiger partial charge >= 0.3 is 12.1 Å². The number of carbonyl (C=O) groups excluding carboxylic acids is 1. The largest absolute Gasteiger partial charge is 0.483 e. The lowest BCUT2D eigenvalue weighted by Crippen LogP contribution is -2.48. The van der Waals surface area contributed by atoms with Crippen LogP contribution in [0, 0.1) is 5.92 Å². The van der Waals surface area contributed by atoms with Gasteiger partial charge in [-0.25, -0.2) is 0 Å². The van der Waals surface area contributed by atoms with Crippen molar-refractivity contribution in [1.29, 1.82) is 0 Å². The number of ether oxygens (including phenoxy) is 2. The third kappa shape index (κ3) is 4.19. The first-order valence-electron chi connectivity index (χ1n) is 10.4. The summed E-state index contributed by atoms with van der Waals surface area (Å²) >= 11 is 0. The van der Waals surface area contributed by atoms with E-state index in [1.54, 1.807) is 18.2 Å². The van der Waals surface area contributed by atoms with Gasteiger partial charge in [-0.3, -0.25) is 4.79 Å². The Labute approximate surface area is 179 Å². The van der Waals surface area contributed by atoms with Crippen LogP contribution in [0.15, 0.2) is 48.5 Å². The normalized spacial score (nSPS) is 17.8. The van der Waals surface area contributed by atoms with Gasteiger partial charge in [0.2, 0.25) is 0 Å². The number of hydrogen-bond donors (Lipinski definition) is 1. The number of alkyl halides is 3. The Morgan fingerprint density at radius 1 is 1.16 bits per heavy atom. The number of rotatable bonds is 5. The maximum atomic E-state index is 13.3. The molecule has 31 heavy (non-hydrogen) atoms. The van der Waals surface area contributed by atoms with Crippen molar-refractivity contribution in [1.82, 2.24) is 5.32 Å². The molecule has 1 saturated heterocycles. The van der Waals surface area contributed by atoms with Gasteiger partial charge in [-0.1, -0.05) is 32.0 Å². The third-order valence-electron chi connectivity index (χ3n) is 5.99. The second kappa shape index (κ2) is 8.04. The Balaban J connectivity index is 1.75. The van der Waals surface area contributed by atoms with Gasteiger partial charge in [-0.15, -0.1) is 0 Å². The summed E-state index contributed by atoms with van der Waals surface area (Å²) in [6.45, 7) is 5.10. The molecule has 1 N–H and O–H groups in total. The Hall–Kier alpha value is -2.80. The summed E-state index contributed by atoms with van der Waals surface area (Å²) in [5.41, 5.74) is 0.647. The average molecular weight is 431 g/mol. The van der Waals surface area contributed by atoms with E-state index in [9.17, 15) is 18.0 Å². The molecule has 4 rings (SSSR count). The molecule has 1 fully saturated rings. The number of halogens is 3. The third-order valence-corrected chi connectivity index (χ3v) is 5.99. The van der Waals surface area contributed by atoms with Crippen LogP contribution in [0.4, 0.5) is 13.2 Å². The lowest BCUT2D eigenvalue weighted by atomic mass is 9.85. The number of carbonyl (C=O) groups is 1. The predicted molar refractivity (Wildman–Crippen MR) is 111 cm³/mol. The van der Waals surface area contributed by atoms with Crippen molar-refractivity contribution in [2.45, 2.75) is 38.5 Å². The van der Waals surface area contributed by atoms with Crippen LogP contribution >= 0.6 is 0 Å². The van der Waals surface area contributed by atoms with E-state index in [0.717, 1.165) is 23.3 Å². The Bertz CT molecular complexity index is 1020. The van der Waals surface area contributed by atoms with Gasteiger partial charge in [0.25, 0.3) is 0 Å². The molecule has 0 aliphatic carbocycles. The summed E-state index contributed by atoms with van der Waals surface area (Å²) in [5.74, 6) is 0.177. The predicted octanol–water partition coefficient (Wildman–Crippen LogP) is 5.21. The molecule has 0 atom stereocenters. The van der Waals surface area contributed by atoms with Crippen molar-refractivity contribution in [2.24, 2.45) is 5.92 Å². The van der Waals surface area contributed by atoms with E-state index in [1.165, 1.54) is 6.07 Å². The molecule has 0 spiro atoms. The lowest BCUT2D eigenvalue weighted by molar-refractivity contribution is -0.140. The lowest BCUT2D eigenvalue weighted by Gasteiger charge is -2.36. The molecule has 7 heteroatoms. The molecular weight excluding hydrogens is 407 g/mol. The molecule has 0 bridgehead atoms. The summed E-state index contributed by atoms with van der Waals surface area (Å²) in [6.07, 6.45) is -1.28. The minimum absolute atomic E-state index is 0.152. The van der Waals surface area contributed by atoms with Crippen LogP contribution < -0.4 is 14.8 Å². The van der Waals surface area contributed by atoms with Crippen molar-refractivity contribution in [2.75, 3.05) is 13.1 Å². The van der Waals surface area contributed by atoms with E-state index in [-0.39, 0.29) is 17.6 Å². The van der Waals surface area contributed by atoms with Crippen LogP contribution in [0.1, 0.15) is 43.4 Å². The number of hydrogen-bond acceptors (Lipinski definition) is 4. The SMILES string of the molecule is CCC1(CC)C=C(c2cccc(OC(=O)C3CNC3)c2)c2ccc(C(F)(F)F)cc2O1. The highest BCUT2D eigenvalue weighted by Gasteiger charge is 2.36. The van der Waals surface area contributed by atoms with Crippen LogP contribution in [0.2, 0.25) is 0 Å². The summed E-state index contributed by atoms with van der Waals surface area (Å²) < 4.78 is 51.5. The fourth-order valence-electron chi connectivity index (χ4n) is 3.81. The van der Waals surface area contributed by atoms with E-state index in [2.05, 4.69) is 5.32 Å². The topological polar surface area (TPSA) is 47.6 Å². The van der Waals surface area contributed by atoms with Crippen LogP contribution in [0.3, 0.4) is 0 Å². The van der Waals surface area contributed by atoms with Gasteiger partial charge in [0.05, 0.1) is 11.5 Å². The van der Waals surface area contributed by atoms with Crippen molar-refractivity contribution in [3.63, 3.8) is 0 Å². The van der Waals surface area contributed by atoms with Crippen molar-refractivity contribution < 1.29 is 27.4 Å². The van der Waals surface area contributed by atoms with Crippen LogP contribution in [0.5, 0.6) is 11.5 Å². The number of benzene rings is 2. The van der Waals surface area contributed by atoms with Gasteiger partial charge in [0.1, 0.15) is 17.1 Å². The van der Waals surface area contributed by atoms with E-state index < -0.39 is 17.3 Å². The van der Waals surface area contributed by atoms with Gasteiger partial charge in [0, 0.05) is 18.7 Å². The zero-order valence-corrected chi connectivity index (χ0v) is 17.4. The maximum Gasteiger partial charge on any atom is 0.416 e. The van der Waals surface area contributed by atoms with E-state index in [4.69, 9.17) is 9.47 Å². The molecule has 2 aliphatic heterocycles. The average Bonchev–Trinajstić information content (AvgIpc) is 2.70. The van der Waals surface area contributed by atoms with Gasteiger partial charge in [0.15, 0.2) is 0 Å². The smallest absolute Gasteiger partial charge is 0.416 e. The molecule has 0 unspecified atom stereocenters. The first-order valence-corrected chi connectivity index (χ1v) is 10.4. The first-order chi connectivity index (χ1) is 14.7. The molecule has 2 aromatic carbocycles. The van der Waals surface area contributed by atoms with E-state index >= 15 is 0 Å². The fraction of sp³-hybridized carbons (Fsp3) is 0.375. The van der Waals surface area contributed by atoms with Crippen LogP contribution in [-0.4, -0.2) is 24.7 Å². The zero-order chi connectivity index (χ0) is 22.2.